The average Bonchev–Trinajstić information content (AvgIpc) is 3.53. The minimum atomic E-state index is -0.0182. The summed E-state index contributed by atoms with van der Waals surface area (Å²) < 4.78 is 7.38. The van der Waals surface area contributed by atoms with Crippen molar-refractivity contribution in [1.29, 1.82) is 0 Å². The Labute approximate surface area is 205 Å². The summed E-state index contributed by atoms with van der Waals surface area (Å²) in [6.07, 6.45) is 8.45. The standard InChI is InChI=1S/C27H34N6O2/c1-4-24(26-29-30-31-33(26)17-23-11-8-12-35-23)32(22-9-6-5-7-10-22)16-21-15-20-14-18(2)13-19(3)25(20)28-27(21)34/h8,11-15,22,24H,4-7,9-10,16-17H2,1-3H3,(H,28,34)/t24-/m0/s1. The van der Waals surface area contributed by atoms with E-state index in [0.29, 0.717) is 19.1 Å². The van der Waals surface area contributed by atoms with Crippen molar-refractivity contribution in [3.8, 4) is 0 Å². The highest BCUT2D eigenvalue weighted by atomic mass is 16.3. The molecule has 1 aromatic carbocycles. The molecule has 0 saturated heterocycles. The van der Waals surface area contributed by atoms with E-state index in [1.807, 2.05) is 23.7 Å². The van der Waals surface area contributed by atoms with Gasteiger partial charge in [-0.05, 0) is 78.8 Å². The molecular weight excluding hydrogens is 440 g/mol. The third-order valence-electron chi connectivity index (χ3n) is 7.30. The molecule has 0 radical (unpaired) electrons. The summed E-state index contributed by atoms with van der Waals surface area (Å²) in [4.78, 5) is 18.9. The molecule has 4 aromatic rings. The number of nitrogens with one attached hydrogen (secondary N) is 1. The number of tetrazole rings is 1. The van der Waals surface area contributed by atoms with Crippen molar-refractivity contribution in [2.45, 2.75) is 84.5 Å². The number of furan rings is 1. The molecular formula is C27H34N6O2. The fraction of sp³-hybridized carbons (Fsp3) is 0.481. The van der Waals surface area contributed by atoms with Gasteiger partial charge in [0.15, 0.2) is 5.82 Å². The largest absolute Gasteiger partial charge is 0.467 e. The number of hydrogen-bond donors (Lipinski definition) is 1. The van der Waals surface area contributed by atoms with Crippen LogP contribution in [-0.4, -0.2) is 36.1 Å². The lowest BCUT2D eigenvalue weighted by molar-refractivity contribution is 0.0842. The summed E-state index contributed by atoms with van der Waals surface area (Å²) in [5.41, 5.74) is 3.98. The van der Waals surface area contributed by atoms with Gasteiger partial charge in [0.05, 0.1) is 17.8 Å². The van der Waals surface area contributed by atoms with Gasteiger partial charge in [-0.2, -0.15) is 0 Å². The Morgan fingerprint density at radius 3 is 2.77 bits per heavy atom. The van der Waals surface area contributed by atoms with Gasteiger partial charge in [-0.3, -0.25) is 9.69 Å². The average molecular weight is 475 g/mol. The monoisotopic (exact) mass is 474 g/mol. The van der Waals surface area contributed by atoms with Crippen LogP contribution in [-0.2, 0) is 13.1 Å². The molecule has 0 amide bonds. The first-order valence-electron chi connectivity index (χ1n) is 12.7. The highest BCUT2D eigenvalue weighted by Crippen LogP contribution is 2.33. The molecule has 0 spiro atoms. The maximum absolute atomic E-state index is 13.2. The molecule has 8 nitrogen and oxygen atoms in total. The van der Waals surface area contributed by atoms with Gasteiger partial charge in [0.1, 0.15) is 12.3 Å². The Balaban J connectivity index is 1.52. The Kier molecular flexibility index (Phi) is 6.81. The molecule has 1 fully saturated rings. The molecule has 3 aromatic heterocycles. The Morgan fingerprint density at radius 2 is 2.03 bits per heavy atom. The van der Waals surface area contributed by atoms with Gasteiger partial charge in [-0.1, -0.05) is 37.8 Å². The van der Waals surface area contributed by atoms with Gasteiger partial charge in [0.25, 0.3) is 5.56 Å². The van der Waals surface area contributed by atoms with Crippen molar-refractivity contribution >= 4 is 10.9 Å². The molecule has 0 bridgehead atoms. The van der Waals surface area contributed by atoms with E-state index in [1.165, 1.54) is 24.8 Å². The van der Waals surface area contributed by atoms with Crippen molar-refractivity contribution in [1.82, 2.24) is 30.1 Å². The van der Waals surface area contributed by atoms with Crippen LogP contribution < -0.4 is 5.56 Å². The summed E-state index contributed by atoms with van der Waals surface area (Å²) in [6.45, 7) is 7.36. The number of benzene rings is 1. The number of hydrogen-bond acceptors (Lipinski definition) is 6. The quantitative estimate of drug-likeness (QED) is 0.384. The van der Waals surface area contributed by atoms with Crippen molar-refractivity contribution in [3.63, 3.8) is 0 Å². The number of fused-ring (bicyclic) bond motifs is 1. The van der Waals surface area contributed by atoms with Crippen LogP contribution in [0, 0.1) is 13.8 Å². The highest BCUT2D eigenvalue weighted by molar-refractivity contribution is 5.82. The topological polar surface area (TPSA) is 92.8 Å². The van der Waals surface area contributed by atoms with E-state index in [1.54, 1.807) is 6.26 Å². The van der Waals surface area contributed by atoms with E-state index in [-0.39, 0.29) is 11.6 Å². The summed E-state index contributed by atoms with van der Waals surface area (Å²) in [5, 5.41) is 13.8. The number of pyridine rings is 1. The van der Waals surface area contributed by atoms with Gasteiger partial charge >= 0.3 is 0 Å². The maximum atomic E-state index is 13.2. The second-order valence-electron chi connectivity index (χ2n) is 9.83. The molecule has 184 valence electrons. The number of H-pyrrole nitrogens is 1. The molecule has 1 aliphatic rings. The first kappa shape index (κ1) is 23.5. The van der Waals surface area contributed by atoms with Crippen LogP contribution in [0.3, 0.4) is 0 Å². The molecule has 8 heteroatoms. The van der Waals surface area contributed by atoms with Gasteiger partial charge < -0.3 is 9.40 Å². The lowest BCUT2D eigenvalue weighted by Gasteiger charge is -2.39. The second kappa shape index (κ2) is 10.2. The summed E-state index contributed by atoms with van der Waals surface area (Å²) in [7, 11) is 0. The normalized spacial score (nSPS) is 15.8. The molecule has 5 rings (SSSR count). The maximum Gasteiger partial charge on any atom is 0.252 e. The number of rotatable bonds is 8. The summed E-state index contributed by atoms with van der Waals surface area (Å²) >= 11 is 0. The third kappa shape index (κ3) is 4.93. The lowest BCUT2D eigenvalue weighted by atomic mass is 9.92. The minimum absolute atomic E-state index is 0.00240. The number of aromatic amines is 1. The fourth-order valence-electron chi connectivity index (χ4n) is 5.63. The van der Waals surface area contributed by atoms with Crippen LogP contribution in [0.1, 0.15) is 79.8 Å². The van der Waals surface area contributed by atoms with Crippen LogP contribution in [0.5, 0.6) is 0 Å². The van der Waals surface area contributed by atoms with Crippen LogP contribution in [0.15, 0.2) is 45.8 Å². The van der Waals surface area contributed by atoms with Crippen LogP contribution in [0.25, 0.3) is 10.9 Å². The Morgan fingerprint density at radius 1 is 1.20 bits per heavy atom. The molecule has 35 heavy (non-hydrogen) atoms. The molecule has 0 aliphatic heterocycles. The Bertz CT molecular complexity index is 1330. The molecule has 1 aliphatic carbocycles. The van der Waals surface area contributed by atoms with E-state index >= 15 is 0 Å². The van der Waals surface area contributed by atoms with E-state index in [4.69, 9.17) is 4.42 Å². The van der Waals surface area contributed by atoms with Crippen molar-refractivity contribution in [2.24, 2.45) is 0 Å². The van der Waals surface area contributed by atoms with Crippen molar-refractivity contribution < 1.29 is 4.42 Å². The molecule has 1 N–H and O–H groups in total. The van der Waals surface area contributed by atoms with Crippen LogP contribution in [0.2, 0.25) is 0 Å². The highest BCUT2D eigenvalue weighted by Gasteiger charge is 2.32. The zero-order chi connectivity index (χ0) is 24.4. The lowest BCUT2D eigenvalue weighted by Crippen LogP contribution is -2.41. The second-order valence-corrected chi connectivity index (χ2v) is 9.83. The van der Waals surface area contributed by atoms with E-state index in [2.05, 4.69) is 57.5 Å². The number of aryl methyl sites for hydroxylation is 2. The van der Waals surface area contributed by atoms with Gasteiger partial charge in [0.2, 0.25) is 0 Å². The van der Waals surface area contributed by atoms with Gasteiger partial charge in [-0.25, -0.2) is 4.68 Å². The predicted molar refractivity (Wildman–Crippen MR) is 135 cm³/mol. The van der Waals surface area contributed by atoms with Gasteiger partial charge in [-0.15, -0.1) is 5.10 Å². The first-order chi connectivity index (χ1) is 17.0. The summed E-state index contributed by atoms with van der Waals surface area (Å²) in [6, 6.07) is 10.5. The Hall–Kier alpha value is -3.26. The van der Waals surface area contributed by atoms with E-state index < -0.39 is 0 Å². The van der Waals surface area contributed by atoms with Crippen molar-refractivity contribution in [3.05, 3.63) is 75.2 Å². The van der Waals surface area contributed by atoms with Crippen LogP contribution >= 0.6 is 0 Å². The first-order valence-corrected chi connectivity index (χ1v) is 12.7. The minimum Gasteiger partial charge on any atom is -0.467 e. The number of aromatic nitrogens is 5. The molecule has 1 saturated carbocycles. The third-order valence-corrected chi connectivity index (χ3v) is 7.30. The van der Waals surface area contributed by atoms with E-state index in [0.717, 1.165) is 52.9 Å². The number of nitrogens with zero attached hydrogens (tertiary/aromatic N) is 5. The zero-order valence-corrected chi connectivity index (χ0v) is 20.8. The molecule has 1 atom stereocenters. The van der Waals surface area contributed by atoms with E-state index in [9.17, 15) is 4.79 Å². The zero-order valence-electron chi connectivity index (χ0n) is 20.8. The van der Waals surface area contributed by atoms with Gasteiger partial charge in [0, 0.05) is 18.2 Å². The van der Waals surface area contributed by atoms with Crippen LogP contribution in [0.4, 0.5) is 0 Å². The summed E-state index contributed by atoms with van der Waals surface area (Å²) in [5.74, 6) is 1.63. The fourth-order valence-corrected chi connectivity index (χ4v) is 5.63. The smallest absolute Gasteiger partial charge is 0.252 e. The molecule has 0 unspecified atom stereocenters. The van der Waals surface area contributed by atoms with Crippen molar-refractivity contribution in [2.75, 3.05) is 0 Å². The SMILES string of the molecule is CC[C@@H](c1nnnn1Cc1ccco1)N(Cc1cc2cc(C)cc(C)c2[nH]c1=O)C1CCCCC1. The molecule has 3 heterocycles. The predicted octanol–water partition coefficient (Wildman–Crippen LogP) is 5.06.